The summed E-state index contributed by atoms with van der Waals surface area (Å²) >= 11 is -3.52. The zero-order valence-corrected chi connectivity index (χ0v) is 53.2. The second-order valence-corrected chi connectivity index (χ2v) is 45.2. The van der Waals surface area contributed by atoms with Crippen molar-refractivity contribution in [2.75, 3.05) is 4.90 Å². The maximum absolute atomic E-state index is 2.46. The number of fused-ring (bicyclic) bond motifs is 4. The number of hydrogen-bond acceptors (Lipinski definition) is 1. The molecular formula is C79H73Ge2N. The van der Waals surface area contributed by atoms with E-state index >= 15 is 0 Å². The molecule has 0 aromatic heterocycles. The summed E-state index contributed by atoms with van der Waals surface area (Å²) < 4.78 is 3.10. The zero-order valence-electron chi connectivity index (χ0n) is 49.0. The topological polar surface area (TPSA) is 3.24 Å². The number of anilines is 3. The summed E-state index contributed by atoms with van der Waals surface area (Å²) in [5.41, 5.74) is 17.3. The first-order valence-corrected chi connectivity index (χ1v) is 43.6. The van der Waals surface area contributed by atoms with Crippen LogP contribution in [-0.2, 0) is 0 Å². The molecule has 0 heterocycles. The van der Waals surface area contributed by atoms with Crippen LogP contribution < -0.4 is 13.7 Å². The van der Waals surface area contributed by atoms with Gasteiger partial charge < -0.3 is 0 Å². The van der Waals surface area contributed by atoms with Crippen LogP contribution in [0.2, 0.25) is 34.5 Å². The molecule has 0 radical (unpaired) electrons. The molecule has 0 spiro atoms. The Morgan fingerprint density at radius 1 is 0.220 bits per heavy atom. The van der Waals surface area contributed by atoms with Gasteiger partial charge in [-0.15, -0.1) is 0 Å². The van der Waals surface area contributed by atoms with Crippen molar-refractivity contribution in [3.8, 4) is 44.5 Å². The molecule has 0 aliphatic rings. The number of benzene rings is 13. The fraction of sp³-hybridized carbons (Fsp3) is 0.114. The van der Waals surface area contributed by atoms with E-state index in [0.29, 0.717) is 0 Å². The van der Waals surface area contributed by atoms with Crippen LogP contribution in [0.15, 0.2) is 279 Å². The molecule has 82 heavy (non-hydrogen) atoms. The third-order valence-corrected chi connectivity index (χ3v) is 24.6. The molecule has 0 saturated heterocycles. The number of hydrogen-bond donors (Lipinski definition) is 0. The van der Waals surface area contributed by atoms with Gasteiger partial charge in [-0.3, -0.25) is 0 Å². The molecule has 13 aromatic carbocycles. The molecule has 13 rings (SSSR count). The van der Waals surface area contributed by atoms with Crippen molar-refractivity contribution in [1.82, 2.24) is 0 Å². The van der Waals surface area contributed by atoms with Crippen LogP contribution in [0, 0.1) is 20.8 Å². The van der Waals surface area contributed by atoms with Crippen molar-refractivity contribution in [3.63, 3.8) is 0 Å². The van der Waals surface area contributed by atoms with Crippen LogP contribution in [0.25, 0.3) is 87.6 Å². The predicted octanol–water partition coefficient (Wildman–Crippen LogP) is 21.8. The van der Waals surface area contributed by atoms with Gasteiger partial charge in [0, 0.05) is 0 Å². The quantitative estimate of drug-likeness (QED) is 0.103. The minimum Gasteiger partial charge on any atom is -0.0622 e. The number of nitrogens with zero attached hydrogens (tertiary/aromatic N) is 1. The van der Waals surface area contributed by atoms with Gasteiger partial charge in [-0.05, 0) is 63.2 Å². The van der Waals surface area contributed by atoms with Crippen molar-refractivity contribution in [2.24, 2.45) is 0 Å². The smallest absolute Gasteiger partial charge is 0.00927 e. The zero-order chi connectivity index (χ0) is 57.0. The predicted molar refractivity (Wildman–Crippen MR) is 366 cm³/mol. The Kier molecular flexibility index (Phi) is 16.4. The van der Waals surface area contributed by atoms with Gasteiger partial charge in [0.05, 0.1) is 0 Å². The van der Waals surface area contributed by atoms with Crippen molar-refractivity contribution >= 4 is 95.5 Å². The second kappa shape index (κ2) is 24.1. The van der Waals surface area contributed by atoms with E-state index in [2.05, 4.69) is 321 Å². The maximum atomic E-state index is 2.46. The SMILES string of the molecule is Cc1cc[c]([Ge]([CH3])([CH3])[CH3])cc1.Cc1cccc(-c2c3ccccc3c(-c3ccc(-c4c5ccccc5c(-c5cccc(N(c6ccccc6)c6cc[c]([Ge]([CH3])([CH3])[CH3])cc6)c5)c5ccccc45)cc3)c3ccccc23)c1.Cc1ccccc1. The van der Waals surface area contributed by atoms with E-state index in [4.69, 9.17) is 0 Å². The summed E-state index contributed by atoms with van der Waals surface area (Å²) in [6.07, 6.45) is 0. The number of para-hydroxylation sites is 1. The van der Waals surface area contributed by atoms with E-state index in [0.717, 1.165) is 17.1 Å². The van der Waals surface area contributed by atoms with Crippen molar-refractivity contribution in [2.45, 2.75) is 55.3 Å². The van der Waals surface area contributed by atoms with Crippen LogP contribution in [0.1, 0.15) is 16.7 Å². The van der Waals surface area contributed by atoms with E-state index in [9.17, 15) is 0 Å². The van der Waals surface area contributed by atoms with Crippen molar-refractivity contribution in [3.05, 3.63) is 296 Å². The fourth-order valence-corrected chi connectivity index (χ4v) is 16.5. The Morgan fingerprint density at radius 2 is 0.512 bits per heavy atom. The largest absolute Gasteiger partial charge is 0.0622 e. The summed E-state index contributed by atoms with van der Waals surface area (Å²) in [7, 11) is 0. The molecule has 1 nitrogen and oxygen atoms in total. The molecule has 0 aliphatic carbocycles. The Labute approximate surface area is 492 Å². The Balaban J connectivity index is 0.000000334. The summed E-state index contributed by atoms with van der Waals surface area (Å²) in [5.74, 6) is 14.6. The molecule has 0 atom stereocenters. The third-order valence-electron chi connectivity index (χ3n) is 15.9. The van der Waals surface area contributed by atoms with Gasteiger partial charge in [-0.2, -0.15) is 0 Å². The van der Waals surface area contributed by atoms with Gasteiger partial charge in [0.25, 0.3) is 0 Å². The fourth-order valence-electron chi connectivity index (χ4n) is 11.6. The van der Waals surface area contributed by atoms with Crippen LogP contribution >= 0.6 is 0 Å². The molecule has 0 N–H and O–H groups in total. The minimum atomic E-state index is -1.99. The normalized spacial score (nSPS) is 11.5. The summed E-state index contributed by atoms with van der Waals surface area (Å²) in [5, 5.41) is 10.1. The van der Waals surface area contributed by atoms with Gasteiger partial charge in [-0.25, -0.2) is 0 Å². The first-order valence-electron chi connectivity index (χ1n) is 28.9. The van der Waals surface area contributed by atoms with Crippen LogP contribution in [0.5, 0.6) is 0 Å². The van der Waals surface area contributed by atoms with Crippen LogP contribution in [-0.4, -0.2) is 26.5 Å². The molecular weight excluding hydrogens is 1110 g/mol. The number of aryl methyl sites for hydroxylation is 3. The molecule has 0 fully saturated rings. The first kappa shape index (κ1) is 55.7. The second-order valence-electron chi connectivity index (χ2n) is 23.9. The van der Waals surface area contributed by atoms with E-state index < -0.39 is 26.5 Å². The molecule has 0 aliphatic heterocycles. The molecule has 0 amide bonds. The molecule has 0 bridgehead atoms. The molecule has 0 unspecified atom stereocenters. The monoisotopic (exact) mass is 1180 g/mol. The Bertz CT molecular complexity index is 4230. The van der Waals surface area contributed by atoms with Crippen LogP contribution in [0.4, 0.5) is 17.1 Å². The van der Waals surface area contributed by atoms with E-state index in [-0.39, 0.29) is 0 Å². The van der Waals surface area contributed by atoms with Gasteiger partial charge in [0.2, 0.25) is 0 Å². The summed E-state index contributed by atoms with van der Waals surface area (Å²) in [6, 6.07) is 103. The van der Waals surface area contributed by atoms with E-state index in [1.54, 1.807) is 4.40 Å². The van der Waals surface area contributed by atoms with E-state index in [1.807, 2.05) is 18.2 Å². The minimum absolute atomic E-state index is 1.13. The van der Waals surface area contributed by atoms with Gasteiger partial charge in [-0.1, -0.05) is 151 Å². The standard InChI is InChI=1S/C62H49GeN.C10H16Ge.C7H8/c1-42-18-16-19-45(40-42)61-55-28-12-8-24-51(55)59(52-25-9-13-29-56(52)61)43-32-34-44(35-33-43)60-53-26-10-14-30-57(53)62(58-31-15-11-27-54(58)60)46-20-17-23-50(41-46)64(48-21-6-5-7-22-48)49-38-36-47(37-39-49)63(2,3)4;1-9-5-7-10(8-6-9)11(2,3)4;1-7-5-3-2-4-6-7/h5-41H,1-4H3;5-8H,1-4H3;2-6H,1H3. The molecule has 13 aromatic rings. The maximum Gasteiger partial charge on any atom is -0.00927 e. The number of rotatable bonds is 9. The first-order chi connectivity index (χ1) is 39.7. The van der Waals surface area contributed by atoms with Gasteiger partial charge >= 0.3 is 282 Å². The molecule has 402 valence electrons. The molecule has 0 saturated carbocycles. The molecule has 3 heteroatoms. The average molecular weight is 1180 g/mol. The third kappa shape index (κ3) is 11.9. The summed E-state index contributed by atoms with van der Waals surface area (Å²) in [4.78, 5) is 2.39. The van der Waals surface area contributed by atoms with E-state index in [1.165, 1.54) is 109 Å². The Morgan fingerprint density at radius 3 is 0.878 bits per heavy atom. The van der Waals surface area contributed by atoms with Gasteiger partial charge in [0.15, 0.2) is 0 Å². The van der Waals surface area contributed by atoms with Crippen molar-refractivity contribution < 1.29 is 0 Å². The Hall–Kier alpha value is -8.21. The van der Waals surface area contributed by atoms with Crippen LogP contribution in [0.3, 0.4) is 0 Å². The van der Waals surface area contributed by atoms with Crippen molar-refractivity contribution in [1.29, 1.82) is 0 Å². The average Bonchev–Trinajstić information content (AvgIpc) is 2.41. The summed E-state index contributed by atoms with van der Waals surface area (Å²) in [6.45, 7) is 6.40. The van der Waals surface area contributed by atoms with Gasteiger partial charge in [0.1, 0.15) is 0 Å².